The summed E-state index contributed by atoms with van der Waals surface area (Å²) in [5.41, 5.74) is 0. The van der Waals surface area contributed by atoms with E-state index in [1.807, 2.05) is 0 Å². The maximum absolute atomic E-state index is 10.8. The van der Waals surface area contributed by atoms with Crippen molar-refractivity contribution in [3.05, 3.63) is 12.7 Å². The molecule has 0 aromatic heterocycles. The largest absolute Gasteiger partial charge is 0.342 e. The third-order valence-corrected chi connectivity index (χ3v) is 1.13. The molecule has 13 heavy (non-hydrogen) atoms. The highest BCUT2D eigenvalue weighted by Gasteiger charge is 2.05. The molecule has 72 valence electrons. The van der Waals surface area contributed by atoms with Crippen LogP contribution in [0.2, 0.25) is 0 Å². The van der Waals surface area contributed by atoms with Gasteiger partial charge in [-0.2, -0.15) is 0 Å². The van der Waals surface area contributed by atoms with E-state index in [2.05, 4.69) is 22.2 Å². The van der Waals surface area contributed by atoms with Crippen molar-refractivity contribution in [3.63, 3.8) is 0 Å². The lowest BCUT2D eigenvalue weighted by Gasteiger charge is -2.11. The third kappa shape index (κ3) is 5.60. The van der Waals surface area contributed by atoms with Crippen molar-refractivity contribution < 1.29 is 9.59 Å². The summed E-state index contributed by atoms with van der Waals surface area (Å²) in [6, 6.07) is -0.487. The van der Waals surface area contributed by atoms with Gasteiger partial charge in [0.25, 0.3) is 0 Å². The molecule has 0 aliphatic rings. The molecule has 0 rings (SSSR count). The Bertz CT molecular complexity index is 236. The smallest absolute Gasteiger partial charge is 0.333 e. The molecule has 0 heterocycles. The van der Waals surface area contributed by atoms with Gasteiger partial charge < -0.3 is 10.6 Å². The van der Waals surface area contributed by atoms with Gasteiger partial charge in [0.1, 0.15) is 6.17 Å². The standard InChI is InChI=1S/C8H13N3O2/c1-4-7(12)10-6(3)11-8(13)9-5-2/h4-6H,1H2,2-3H3,(H,10,12)(H,11,13). The Balaban J connectivity index is 3.86. The Morgan fingerprint density at radius 2 is 2.08 bits per heavy atom. The summed E-state index contributed by atoms with van der Waals surface area (Å²) < 4.78 is 0. The molecule has 0 aliphatic carbocycles. The lowest BCUT2D eigenvalue weighted by Crippen LogP contribution is -2.44. The van der Waals surface area contributed by atoms with Gasteiger partial charge in [-0.3, -0.25) is 4.79 Å². The van der Waals surface area contributed by atoms with Gasteiger partial charge in [0.2, 0.25) is 5.91 Å². The first-order chi connectivity index (χ1) is 6.10. The van der Waals surface area contributed by atoms with Gasteiger partial charge in [-0.05, 0) is 19.9 Å². The van der Waals surface area contributed by atoms with Gasteiger partial charge in [-0.1, -0.05) is 6.58 Å². The molecule has 0 aromatic rings. The number of urea groups is 1. The Morgan fingerprint density at radius 1 is 1.46 bits per heavy atom. The van der Waals surface area contributed by atoms with Crippen molar-refractivity contribution in [1.29, 1.82) is 0 Å². The second-order valence-electron chi connectivity index (χ2n) is 2.27. The van der Waals surface area contributed by atoms with E-state index >= 15 is 0 Å². The van der Waals surface area contributed by atoms with E-state index in [1.54, 1.807) is 13.8 Å². The lowest BCUT2D eigenvalue weighted by atomic mass is 10.5. The minimum absolute atomic E-state index is 0.340. The molecule has 2 N–H and O–H groups in total. The summed E-state index contributed by atoms with van der Waals surface area (Å²) in [5, 5.41) is 4.89. The molecule has 5 heteroatoms. The van der Waals surface area contributed by atoms with Crippen LogP contribution in [-0.4, -0.2) is 24.3 Å². The normalized spacial score (nSPS) is 12.2. The predicted molar refractivity (Wildman–Crippen MR) is 50.5 cm³/mol. The van der Waals surface area contributed by atoms with E-state index in [0.29, 0.717) is 0 Å². The summed E-state index contributed by atoms with van der Waals surface area (Å²) in [7, 11) is 0. The highest BCUT2D eigenvalue weighted by molar-refractivity contribution is 5.88. The first kappa shape index (κ1) is 11.4. The van der Waals surface area contributed by atoms with Gasteiger partial charge in [0.05, 0.1) is 0 Å². The van der Waals surface area contributed by atoms with Crippen molar-refractivity contribution in [2.24, 2.45) is 4.99 Å². The molecular formula is C8H13N3O2. The van der Waals surface area contributed by atoms with Crippen molar-refractivity contribution in [2.45, 2.75) is 20.0 Å². The predicted octanol–water partition coefficient (Wildman–Crippen LogP) is 0.435. The fourth-order valence-corrected chi connectivity index (χ4v) is 0.648. The number of carbonyl (C=O) groups is 2. The number of hydrogen-bond acceptors (Lipinski definition) is 2. The summed E-state index contributed by atoms with van der Waals surface area (Å²) in [6.45, 7) is 6.54. The number of nitrogens with one attached hydrogen (secondary N) is 2. The summed E-state index contributed by atoms with van der Waals surface area (Å²) in [4.78, 5) is 25.0. The molecule has 5 nitrogen and oxygen atoms in total. The van der Waals surface area contributed by atoms with Gasteiger partial charge in [0, 0.05) is 6.21 Å². The maximum atomic E-state index is 10.8. The van der Waals surface area contributed by atoms with Crippen LogP contribution in [0, 0.1) is 0 Å². The molecule has 0 saturated heterocycles. The second kappa shape index (κ2) is 5.93. The quantitative estimate of drug-likeness (QED) is 0.378. The highest BCUT2D eigenvalue weighted by Crippen LogP contribution is 1.79. The Labute approximate surface area is 76.9 Å². The Kier molecular flexibility index (Phi) is 5.18. The van der Waals surface area contributed by atoms with Gasteiger partial charge in [-0.25, -0.2) is 9.79 Å². The summed E-state index contributed by atoms with van der Waals surface area (Å²) >= 11 is 0. The van der Waals surface area contributed by atoms with Crippen molar-refractivity contribution >= 4 is 18.2 Å². The molecule has 0 saturated carbocycles. The molecule has 0 aliphatic heterocycles. The number of rotatable bonds is 3. The van der Waals surface area contributed by atoms with Crippen LogP contribution in [0.15, 0.2) is 17.6 Å². The van der Waals surface area contributed by atoms with E-state index in [0.717, 1.165) is 6.08 Å². The number of aliphatic imine (C=N–C) groups is 1. The first-order valence-electron chi connectivity index (χ1n) is 3.82. The van der Waals surface area contributed by atoms with Crippen molar-refractivity contribution in [1.82, 2.24) is 10.6 Å². The van der Waals surface area contributed by atoms with E-state index in [4.69, 9.17) is 0 Å². The average molecular weight is 183 g/mol. The molecule has 0 aromatic carbocycles. The zero-order chi connectivity index (χ0) is 10.3. The van der Waals surface area contributed by atoms with E-state index in [1.165, 1.54) is 6.21 Å². The van der Waals surface area contributed by atoms with Crippen LogP contribution < -0.4 is 10.6 Å². The van der Waals surface area contributed by atoms with Crippen LogP contribution in [0.4, 0.5) is 4.79 Å². The Hall–Kier alpha value is -1.65. The van der Waals surface area contributed by atoms with Crippen LogP contribution in [0.3, 0.4) is 0 Å². The SMILES string of the molecule is C=CC(=O)NC(C)NC(=O)N=CC. The molecule has 0 bridgehead atoms. The minimum atomic E-state index is -0.487. The van der Waals surface area contributed by atoms with E-state index < -0.39 is 12.2 Å². The Morgan fingerprint density at radius 3 is 2.54 bits per heavy atom. The molecular weight excluding hydrogens is 170 g/mol. The van der Waals surface area contributed by atoms with Crippen LogP contribution in [-0.2, 0) is 4.79 Å². The number of hydrogen-bond donors (Lipinski definition) is 2. The van der Waals surface area contributed by atoms with Crippen molar-refractivity contribution in [2.75, 3.05) is 0 Å². The van der Waals surface area contributed by atoms with Gasteiger partial charge in [0.15, 0.2) is 0 Å². The number of nitrogens with zero attached hydrogens (tertiary/aromatic N) is 1. The van der Waals surface area contributed by atoms with E-state index in [-0.39, 0.29) is 5.91 Å². The van der Waals surface area contributed by atoms with Gasteiger partial charge >= 0.3 is 6.03 Å². The van der Waals surface area contributed by atoms with Gasteiger partial charge in [-0.15, -0.1) is 0 Å². The van der Waals surface area contributed by atoms with E-state index in [9.17, 15) is 9.59 Å². The average Bonchev–Trinajstić information content (AvgIpc) is 2.04. The van der Waals surface area contributed by atoms with Crippen LogP contribution >= 0.6 is 0 Å². The fourth-order valence-electron chi connectivity index (χ4n) is 0.648. The molecule has 1 unspecified atom stereocenters. The maximum Gasteiger partial charge on any atom is 0.342 e. The van der Waals surface area contributed by atoms with Crippen molar-refractivity contribution in [3.8, 4) is 0 Å². The number of amides is 3. The third-order valence-electron chi connectivity index (χ3n) is 1.13. The summed E-state index contributed by atoms with van der Waals surface area (Å²) in [5.74, 6) is -0.340. The zero-order valence-electron chi connectivity index (χ0n) is 7.70. The van der Waals surface area contributed by atoms with Crippen LogP contribution in [0.5, 0.6) is 0 Å². The minimum Gasteiger partial charge on any atom is -0.333 e. The van der Waals surface area contributed by atoms with Crippen LogP contribution in [0.1, 0.15) is 13.8 Å². The summed E-state index contributed by atoms with van der Waals surface area (Å²) in [6.07, 6.45) is 2.05. The second-order valence-corrected chi connectivity index (χ2v) is 2.27. The highest BCUT2D eigenvalue weighted by atomic mass is 16.2. The lowest BCUT2D eigenvalue weighted by molar-refractivity contribution is -0.117. The number of carbonyl (C=O) groups excluding carboxylic acids is 2. The molecule has 1 atom stereocenters. The molecule has 0 spiro atoms. The fraction of sp³-hybridized carbons (Fsp3) is 0.375. The first-order valence-corrected chi connectivity index (χ1v) is 3.82. The topological polar surface area (TPSA) is 70.6 Å². The van der Waals surface area contributed by atoms with Crippen LogP contribution in [0.25, 0.3) is 0 Å². The molecule has 0 fully saturated rings. The monoisotopic (exact) mass is 183 g/mol. The zero-order valence-corrected chi connectivity index (χ0v) is 7.70. The molecule has 0 radical (unpaired) electrons. The molecule has 3 amide bonds.